The van der Waals surface area contributed by atoms with Crippen molar-refractivity contribution in [1.29, 1.82) is 0 Å². The smallest absolute Gasteiger partial charge is 0.289 e. The number of alkyl halides is 2. The summed E-state index contributed by atoms with van der Waals surface area (Å²) < 4.78 is 25.6. The van der Waals surface area contributed by atoms with Crippen LogP contribution in [0.1, 0.15) is 18.5 Å². The van der Waals surface area contributed by atoms with Crippen molar-refractivity contribution in [1.82, 2.24) is 5.32 Å². The number of aliphatic imine (C=N–C) groups is 1. The topological polar surface area (TPSA) is 70.6 Å². The molecule has 4 N–H and O–H groups in total. The zero-order valence-corrected chi connectivity index (χ0v) is 12.2. The van der Waals surface area contributed by atoms with E-state index in [2.05, 4.69) is 10.3 Å². The van der Waals surface area contributed by atoms with Gasteiger partial charge in [-0.15, -0.1) is 0 Å². The Morgan fingerprint density at radius 2 is 2.15 bits per heavy atom. The quantitative estimate of drug-likeness (QED) is 0.575. The molecule has 1 aromatic carbocycles. The Labute approximate surface area is 125 Å². The van der Waals surface area contributed by atoms with E-state index in [4.69, 9.17) is 34.0 Å². The molecule has 0 fully saturated rings. The van der Waals surface area contributed by atoms with Gasteiger partial charge in [0.25, 0.3) is 5.92 Å². The maximum atomic E-state index is 12.8. The summed E-state index contributed by atoms with van der Waals surface area (Å²) in [5.74, 6) is -3.44. The van der Waals surface area contributed by atoms with Crippen LogP contribution in [-0.4, -0.2) is 30.1 Å². The third kappa shape index (κ3) is 5.11. The molecule has 112 valence electrons. The van der Waals surface area contributed by atoms with Crippen molar-refractivity contribution in [2.24, 2.45) is 10.7 Å². The fourth-order valence-corrected chi connectivity index (χ4v) is 2.02. The summed E-state index contributed by atoms with van der Waals surface area (Å²) in [4.78, 5) is 3.48. The van der Waals surface area contributed by atoms with Crippen LogP contribution in [-0.2, 0) is 0 Å². The molecule has 0 aliphatic heterocycles. The second-order valence-electron chi connectivity index (χ2n) is 4.25. The van der Waals surface area contributed by atoms with Crippen molar-refractivity contribution in [2.75, 3.05) is 13.2 Å². The molecule has 4 nitrogen and oxygen atoms in total. The highest BCUT2D eigenvalue weighted by Gasteiger charge is 2.27. The number of halogens is 4. The highest BCUT2D eigenvalue weighted by Crippen LogP contribution is 2.25. The summed E-state index contributed by atoms with van der Waals surface area (Å²) in [5.41, 5.74) is 6.22. The van der Waals surface area contributed by atoms with Crippen LogP contribution >= 0.6 is 23.2 Å². The zero-order chi connectivity index (χ0) is 15.3. The molecule has 1 rings (SSSR count). The van der Waals surface area contributed by atoms with E-state index < -0.39 is 19.1 Å². The molecule has 0 aromatic heterocycles. The number of aliphatic hydroxyl groups excluding tert-OH is 1. The largest absolute Gasteiger partial charge is 0.390 e. The van der Waals surface area contributed by atoms with Gasteiger partial charge in [0.2, 0.25) is 0 Å². The van der Waals surface area contributed by atoms with E-state index >= 15 is 0 Å². The molecule has 1 unspecified atom stereocenters. The lowest BCUT2D eigenvalue weighted by Crippen LogP contribution is -2.36. The molecule has 0 heterocycles. The van der Waals surface area contributed by atoms with Crippen LogP contribution in [0.4, 0.5) is 8.78 Å². The number of benzene rings is 1. The number of nitrogens with zero attached hydrogens (tertiary/aromatic N) is 1. The number of hydrogen-bond acceptors (Lipinski definition) is 2. The van der Waals surface area contributed by atoms with E-state index in [0.29, 0.717) is 15.6 Å². The van der Waals surface area contributed by atoms with E-state index in [1.807, 2.05) is 0 Å². The summed E-state index contributed by atoms with van der Waals surface area (Å²) in [6.07, 6.45) is 0. The van der Waals surface area contributed by atoms with Gasteiger partial charge in [-0.3, -0.25) is 0 Å². The molecule has 0 aliphatic rings. The molecule has 0 amide bonds. The number of nitrogens with two attached hydrogens (primary N) is 1. The Morgan fingerprint density at radius 1 is 1.50 bits per heavy atom. The van der Waals surface area contributed by atoms with Crippen LogP contribution in [0.15, 0.2) is 23.2 Å². The van der Waals surface area contributed by atoms with Crippen molar-refractivity contribution < 1.29 is 13.9 Å². The van der Waals surface area contributed by atoms with Crippen molar-refractivity contribution in [2.45, 2.75) is 18.9 Å². The van der Waals surface area contributed by atoms with Crippen LogP contribution < -0.4 is 11.1 Å². The summed E-state index contributed by atoms with van der Waals surface area (Å²) in [7, 11) is 0. The van der Waals surface area contributed by atoms with Gasteiger partial charge in [0.1, 0.15) is 13.2 Å². The van der Waals surface area contributed by atoms with Crippen molar-refractivity contribution in [3.05, 3.63) is 33.8 Å². The van der Waals surface area contributed by atoms with Gasteiger partial charge in [-0.1, -0.05) is 29.3 Å². The van der Waals surface area contributed by atoms with Gasteiger partial charge in [-0.2, -0.15) is 0 Å². The van der Waals surface area contributed by atoms with E-state index in [0.717, 1.165) is 0 Å². The Balaban J connectivity index is 2.70. The first-order valence-corrected chi connectivity index (χ1v) is 6.51. The van der Waals surface area contributed by atoms with Crippen molar-refractivity contribution in [3.8, 4) is 0 Å². The predicted octanol–water partition coefficient (Wildman–Crippen LogP) is 2.59. The first kappa shape index (κ1) is 16.9. The monoisotopic (exact) mass is 325 g/mol. The Morgan fingerprint density at radius 3 is 2.70 bits per heavy atom. The van der Waals surface area contributed by atoms with Crippen LogP contribution in [0.5, 0.6) is 0 Å². The minimum Gasteiger partial charge on any atom is -0.390 e. The van der Waals surface area contributed by atoms with Gasteiger partial charge in [-0.25, -0.2) is 13.8 Å². The van der Waals surface area contributed by atoms with Crippen LogP contribution in [0.25, 0.3) is 0 Å². The maximum absolute atomic E-state index is 12.8. The normalized spacial score (nSPS) is 14.2. The first-order chi connectivity index (χ1) is 9.25. The maximum Gasteiger partial charge on any atom is 0.289 e. The second-order valence-corrected chi connectivity index (χ2v) is 5.09. The first-order valence-electron chi connectivity index (χ1n) is 5.75. The highest BCUT2D eigenvalue weighted by molar-refractivity contribution is 6.35. The van der Waals surface area contributed by atoms with Crippen molar-refractivity contribution in [3.63, 3.8) is 0 Å². The molecule has 0 saturated carbocycles. The zero-order valence-electron chi connectivity index (χ0n) is 10.7. The standard InChI is InChI=1S/C12H15Cl2F2N3O/c1-7(9-3-2-8(13)4-10(9)14)19-11(17)18-5-12(15,16)6-20/h2-4,7,20H,5-6H2,1H3,(H3,17,18,19). The summed E-state index contributed by atoms with van der Waals surface area (Å²) >= 11 is 11.8. The molecular weight excluding hydrogens is 311 g/mol. The van der Waals surface area contributed by atoms with Gasteiger partial charge in [-0.05, 0) is 24.6 Å². The van der Waals surface area contributed by atoms with Crippen LogP contribution in [0.3, 0.4) is 0 Å². The van der Waals surface area contributed by atoms with Crippen LogP contribution in [0, 0.1) is 0 Å². The molecule has 0 spiro atoms. The summed E-state index contributed by atoms with van der Waals surface area (Å²) in [5, 5.41) is 12.1. The molecule has 1 atom stereocenters. The second kappa shape index (κ2) is 7.06. The lowest BCUT2D eigenvalue weighted by atomic mass is 10.1. The lowest BCUT2D eigenvalue weighted by molar-refractivity contribution is -0.0404. The van der Waals surface area contributed by atoms with Gasteiger partial charge < -0.3 is 16.2 Å². The molecule has 0 saturated heterocycles. The number of nitrogens with one attached hydrogen (secondary N) is 1. The van der Waals surface area contributed by atoms with Gasteiger partial charge in [0.15, 0.2) is 5.96 Å². The lowest BCUT2D eigenvalue weighted by Gasteiger charge is -2.17. The predicted molar refractivity (Wildman–Crippen MR) is 76.5 cm³/mol. The number of guanidine groups is 1. The number of aliphatic hydroxyl groups is 1. The third-order valence-corrected chi connectivity index (χ3v) is 3.07. The highest BCUT2D eigenvalue weighted by atomic mass is 35.5. The molecule has 0 radical (unpaired) electrons. The molecule has 1 aromatic rings. The molecule has 0 aliphatic carbocycles. The van der Waals surface area contributed by atoms with Gasteiger partial charge in [0, 0.05) is 10.0 Å². The molecule has 0 bridgehead atoms. The van der Waals surface area contributed by atoms with E-state index in [9.17, 15) is 8.78 Å². The number of rotatable bonds is 5. The van der Waals surface area contributed by atoms with E-state index in [1.54, 1.807) is 25.1 Å². The van der Waals surface area contributed by atoms with E-state index in [-0.39, 0.29) is 12.0 Å². The Bertz CT molecular complexity index is 498. The summed E-state index contributed by atoms with van der Waals surface area (Å²) in [6.45, 7) is -0.409. The number of hydrogen-bond donors (Lipinski definition) is 3. The summed E-state index contributed by atoms with van der Waals surface area (Å²) in [6, 6.07) is 4.61. The Hall–Kier alpha value is -1.11. The van der Waals surface area contributed by atoms with E-state index in [1.165, 1.54) is 0 Å². The molecular formula is C12H15Cl2F2N3O. The van der Waals surface area contributed by atoms with Gasteiger partial charge in [0.05, 0.1) is 6.04 Å². The van der Waals surface area contributed by atoms with Gasteiger partial charge >= 0.3 is 0 Å². The molecule has 8 heteroatoms. The Kier molecular flexibility index (Phi) is 5.98. The SMILES string of the molecule is CC(NC(N)=NCC(F)(F)CO)c1ccc(Cl)cc1Cl. The average Bonchev–Trinajstić information content (AvgIpc) is 2.36. The fraction of sp³-hybridized carbons (Fsp3) is 0.417. The van der Waals surface area contributed by atoms with Crippen LogP contribution in [0.2, 0.25) is 10.0 Å². The minimum absolute atomic E-state index is 0.156. The minimum atomic E-state index is -3.28. The van der Waals surface area contributed by atoms with Crippen molar-refractivity contribution >= 4 is 29.2 Å². The average molecular weight is 326 g/mol. The third-order valence-electron chi connectivity index (χ3n) is 2.51. The fourth-order valence-electron chi connectivity index (χ4n) is 1.45. The molecule has 20 heavy (non-hydrogen) atoms.